The second-order valence-electron chi connectivity index (χ2n) is 10.8. The van der Waals surface area contributed by atoms with Crippen LogP contribution in [-0.4, -0.2) is 50.6 Å². The van der Waals surface area contributed by atoms with Crippen LogP contribution >= 0.6 is 23.4 Å². The van der Waals surface area contributed by atoms with Gasteiger partial charge in [0.15, 0.2) is 11.3 Å². The highest BCUT2D eigenvalue weighted by Gasteiger charge is 2.66. The molecule has 0 radical (unpaired) electrons. The van der Waals surface area contributed by atoms with Gasteiger partial charge in [-0.05, 0) is 35.4 Å². The predicted octanol–water partition coefficient (Wildman–Crippen LogP) is 5.46. The van der Waals surface area contributed by atoms with E-state index in [-0.39, 0.29) is 17.8 Å². The summed E-state index contributed by atoms with van der Waals surface area (Å²) in [6.07, 6.45) is 3.88. The second-order valence-corrected chi connectivity index (χ2v) is 12.3. The van der Waals surface area contributed by atoms with Gasteiger partial charge in [0.05, 0.1) is 11.2 Å². The lowest BCUT2D eigenvalue weighted by Gasteiger charge is -2.25. The van der Waals surface area contributed by atoms with Crippen molar-refractivity contribution < 1.29 is 9.53 Å². The van der Waals surface area contributed by atoms with Gasteiger partial charge in [-0.1, -0.05) is 84.0 Å². The molecule has 0 bridgehead atoms. The molecule has 12 heteroatoms. The van der Waals surface area contributed by atoms with Crippen molar-refractivity contribution >= 4 is 52.5 Å². The van der Waals surface area contributed by atoms with E-state index in [0.717, 1.165) is 35.9 Å². The van der Waals surface area contributed by atoms with Gasteiger partial charge in [0, 0.05) is 36.1 Å². The highest BCUT2D eigenvalue weighted by atomic mass is 35.5. The molecule has 3 aromatic heterocycles. The number of amides is 1. The van der Waals surface area contributed by atoms with Gasteiger partial charge in [-0.3, -0.25) is 0 Å². The topological polar surface area (TPSA) is 135 Å². The number of nitrogens with one attached hydrogen (secondary N) is 2. The molecule has 43 heavy (non-hydrogen) atoms. The quantitative estimate of drug-likeness (QED) is 0.209. The first kappa shape index (κ1) is 27.5. The maximum atomic E-state index is 12.7. The molecule has 10 nitrogen and oxygen atoms in total. The largest absolute Gasteiger partial charge is 0.445 e. The molecule has 1 amide bonds. The minimum absolute atomic E-state index is 0.167. The van der Waals surface area contributed by atoms with Crippen LogP contribution in [0.15, 0.2) is 89.0 Å². The summed E-state index contributed by atoms with van der Waals surface area (Å²) >= 11 is 7.68. The van der Waals surface area contributed by atoms with E-state index in [2.05, 4.69) is 49.4 Å². The first-order valence-corrected chi connectivity index (χ1v) is 15.3. The number of H-pyrrole nitrogens is 1. The molecule has 2 aromatic carbocycles. The number of carbonyl (C=O) groups excluding carboxylic acids is 1. The third-order valence-electron chi connectivity index (χ3n) is 8.45. The van der Waals surface area contributed by atoms with E-state index < -0.39 is 6.09 Å². The Hall–Kier alpha value is -4.35. The Morgan fingerprint density at radius 3 is 2.70 bits per heavy atom. The van der Waals surface area contributed by atoms with Crippen molar-refractivity contribution in [3.05, 3.63) is 95.3 Å². The lowest BCUT2D eigenvalue weighted by molar-refractivity contribution is 0.138. The van der Waals surface area contributed by atoms with Crippen molar-refractivity contribution in [1.29, 1.82) is 0 Å². The number of pyridine rings is 1. The fourth-order valence-electron chi connectivity index (χ4n) is 6.30. The third kappa shape index (κ3) is 5.34. The maximum Gasteiger partial charge on any atom is 0.407 e. The number of alkyl carbamates (subject to hydrolysis) is 1. The number of aromatic amines is 1. The van der Waals surface area contributed by atoms with Crippen molar-refractivity contribution in [2.75, 3.05) is 30.3 Å². The predicted molar refractivity (Wildman–Crippen MR) is 166 cm³/mol. The van der Waals surface area contributed by atoms with Gasteiger partial charge >= 0.3 is 6.09 Å². The zero-order chi connectivity index (χ0) is 29.4. The number of ether oxygens (including phenoxy) is 1. The van der Waals surface area contributed by atoms with Gasteiger partial charge in [0.1, 0.15) is 17.5 Å². The Morgan fingerprint density at radius 2 is 1.88 bits per heavy atom. The summed E-state index contributed by atoms with van der Waals surface area (Å²) in [5.74, 6) is 1.81. The number of nitrogen functional groups attached to an aromatic ring is 1. The summed E-state index contributed by atoms with van der Waals surface area (Å²) in [4.78, 5) is 37.1. The molecule has 1 aliphatic carbocycles. The lowest BCUT2D eigenvalue weighted by atomic mass is 9.91. The first-order valence-electron chi connectivity index (χ1n) is 14.1. The average Bonchev–Trinajstić information content (AvgIpc) is 3.49. The molecule has 0 spiro atoms. The van der Waals surface area contributed by atoms with Gasteiger partial charge in [0.2, 0.25) is 5.95 Å². The maximum absolute atomic E-state index is 12.7. The van der Waals surface area contributed by atoms with Gasteiger partial charge in [0.25, 0.3) is 0 Å². The Kier molecular flexibility index (Phi) is 7.28. The number of fused-ring (bicyclic) bond motifs is 2. The van der Waals surface area contributed by atoms with Gasteiger partial charge < -0.3 is 25.7 Å². The van der Waals surface area contributed by atoms with Gasteiger partial charge in [-0.2, -0.15) is 4.98 Å². The van der Waals surface area contributed by atoms with Crippen LogP contribution in [0.25, 0.3) is 11.3 Å². The van der Waals surface area contributed by atoms with E-state index in [4.69, 9.17) is 32.0 Å². The highest BCUT2D eigenvalue weighted by molar-refractivity contribution is 7.99. The molecule has 218 valence electrons. The molecular weight excluding hydrogens is 584 g/mol. The Morgan fingerprint density at radius 1 is 1.09 bits per heavy atom. The van der Waals surface area contributed by atoms with Crippen molar-refractivity contribution in [2.24, 2.45) is 11.8 Å². The van der Waals surface area contributed by atoms with Crippen LogP contribution in [0.5, 0.6) is 0 Å². The SMILES string of the molecule is Nc1nccc(Sc2cnc3[nH]c(N4CCC5C(C4)C5(CNC(=O)OCc4ccccc4)c4ccccc4)nc3n2)c1Cl. The monoisotopic (exact) mass is 612 g/mol. The fourth-order valence-corrected chi connectivity index (χ4v) is 7.31. The Bertz CT molecular complexity index is 1770. The van der Waals surface area contributed by atoms with Crippen molar-refractivity contribution in [2.45, 2.75) is 28.4 Å². The summed E-state index contributed by atoms with van der Waals surface area (Å²) in [6.45, 7) is 2.39. The standard InChI is InChI=1S/C31H29ClN8O2S/c32-25-23(11-13-34-26(25)33)43-24-15-35-27-28(37-24)39-29(38-27)40-14-12-21-22(16-40)31(21,20-9-5-2-6-10-20)18-36-30(41)42-17-19-7-3-1-4-8-19/h1-11,13,15,21-22H,12,14,16-18H2,(H2,33,34)(H,36,41)(H,35,37,38,39). The van der Waals surface area contributed by atoms with E-state index in [1.807, 2.05) is 36.4 Å². The number of benzene rings is 2. The molecule has 4 heterocycles. The zero-order valence-corrected chi connectivity index (χ0v) is 24.7. The molecule has 1 saturated heterocycles. The number of nitrogens with zero attached hydrogens (tertiary/aromatic N) is 5. The number of piperidine rings is 1. The molecule has 2 fully saturated rings. The van der Waals surface area contributed by atoms with Crippen molar-refractivity contribution in [1.82, 2.24) is 30.2 Å². The van der Waals surface area contributed by atoms with Crippen molar-refractivity contribution in [3.63, 3.8) is 0 Å². The van der Waals surface area contributed by atoms with Crippen LogP contribution in [0.3, 0.4) is 0 Å². The molecule has 7 rings (SSSR count). The molecule has 1 aliphatic heterocycles. The normalized spacial score (nSPS) is 20.9. The number of rotatable bonds is 8. The lowest BCUT2D eigenvalue weighted by Crippen LogP contribution is -2.35. The van der Waals surface area contributed by atoms with E-state index >= 15 is 0 Å². The number of carbonyl (C=O) groups is 1. The molecule has 1 saturated carbocycles. The molecule has 2 aliphatic rings. The van der Waals surface area contributed by atoms with Crippen LogP contribution in [-0.2, 0) is 16.8 Å². The summed E-state index contributed by atoms with van der Waals surface area (Å²) < 4.78 is 5.52. The number of hydrogen-bond acceptors (Lipinski definition) is 9. The molecule has 5 aromatic rings. The summed E-state index contributed by atoms with van der Waals surface area (Å²) in [6, 6.07) is 22.0. The number of aromatic nitrogens is 5. The van der Waals surface area contributed by atoms with Crippen LogP contribution in [0, 0.1) is 11.8 Å². The molecular formula is C31H29ClN8O2S. The number of imidazole rings is 1. The van der Waals surface area contributed by atoms with Gasteiger partial charge in [-0.15, -0.1) is 0 Å². The van der Waals surface area contributed by atoms with Crippen LogP contribution in [0.4, 0.5) is 16.6 Å². The number of hydrogen-bond donors (Lipinski definition) is 3. The van der Waals surface area contributed by atoms with E-state index in [1.165, 1.54) is 17.3 Å². The Labute approximate surface area is 257 Å². The molecule has 4 N–H and O–H groups in total. The minimum Gasteiger partial charge on any atom is -0.445 e. The second kappa shape index (κ2) is 11.4. The number of halogens is 1. The van der Waals surface area contributed by atoms with Crippen molar-refractivity contribution in [3.8, 4) is 0 Å². The van der Waals surface area contributed by atoms with Gasteiger partial charge in [-0.25, -0.2) is 19.7 Å². The van der Waals surface area contributed by atoms with E-state index in [9.17, 15) is 4.79 Å². The third-order valence-corrected chi connectivity index (χ3v) is 9.92. The molecule has 3 unspecified atom stereocenters. The zero-order valence-electron chi connectivity index (χ0n) is 23.1. The average molecular weight is 613 g/mol. The number of anilines is 2. The summed E-state index contributed by atoms with van der Waals surface area (Å²) in [7, 11) is 0. The highest BCUT2D eigenvalue weighted by Crippen LogP contribution is 2.63. The summed E-state index contributed by atoms with van der Waals surface area (Å²) in [5.41, 5.74) is 9.03. The number of nitrogens with two attached hydrogens (primary N) is 1. The Balaban J connectivity index is 1.06. The minimum atomic E-state index is -0.404. The van der Waals surface area contributed by atoms with E-state index in [0.29, 0.717) is 39.7 Å². The van der Waals surface area contributed by atoms with Crippen LogP contribution in [0.1, 0.15) is 17.5 Å². The molecule has 3 atom stereocenters. The van der Waals surface area contributed by atoms with Crippen LogP contribution < -0.4 is 16.0 Å². The fraction of sp³-hybridized carbons (Fsp3) is 0.258. The summed E-state index contributed by atoms with van der Waals surface area (Å²) in [5, 5.41) is 4.13. The van der Waals surface area contributed by atoms with Crippen LogP contribution in [0.2, 0.25) is 5.02 Å². The first-order chi connectivity index (χ1) is 21.0. The smallest absolute Gasteiger partial charge is 0.407 e. The van der Waals surface area contributed by atoms with E-state index in [1.54, 1.807) is 18.5 Å².